The van der Waals surface area contributed by atoms with Crippen LogP contribution in [0.15, 0.2) is 0 Å². The lowest BCUT2D eigenvalue weighted by Crippen LogP contribution is -2.58. The van der Waals surface area contributed by atoms with Crippen LogP contribution in [-0.2, 0) is 14.3 Å². The molecule has 1 unspecified atom stereocenters. The number of ether oxygens (including phenoxy) is 1. The van der Waals surface area contributed by atoms with Crippen LogP contribution in [0.25, 0.3) is 0 Å². The van der Waals surface area contributed by atoms with Crippen LogP contribution in [0.2, 0.25) is 0 Å². The first-order valence-corrected chi connectivity index (χ1v) is 8.20. The van der Waals surface area contributed by atoms with Crippen molar-refractivity contribution in [2.24, 2.45) is 5.92 Å². The molecule has 0 bridgehead atoms. The minimum absolute atomic E-state index is 0.0654. The van der Waals surface area contributed by atoms with E-state index in [0.717, 1.165) is 32.7 Å². The van der Waals surface area contributed by atoms with E-state index in [2.05, 4.69) is 30.6 Å². The molecule has 2 saturated heterocycles. The number of likely N-dealkylation sites (N-methyl/N-ethyl adjacent to an activating group) is 1. The van der Waals surface area contributed by atoms with Crippen LogP contribution in [0.5, 0.6) is 0 Å². The lowest BCUT2D eigenvalue weighted by atomic mass is 10.0. The Morgan fingerprint density at radius 2 is 1.91 bits per heavy atom. The van der Waals surface area contributed by atoms with E-state index >= 15 is 0 Å². The van der Waals surface area contributed by atoms with Crippen molar-refractivity contribution in [3.63, 3.8) is 0 Å². The fraction of sp³-hybridized carbons (Fsp3) is 0.875. The summed E-state index contributed by atoms with van der Waals surface area (Å²) in [6, 6.07) is 0. The molecule has 0 N–H and O–H groups in total. The van der Waals surface area contributed by atoms with E-state index in [1.54, 1.807) is 0 Å². The van der Waals surface area contributed by atoms with Crippen LogP contribution in [0.3, 0.4) is 0 Å². The zero-order valence-electron chi connectivity index (χ0n) is 14.3. The number of esters is 1. The van der Waals surface area contributed by atoms with Gasteiger partial charge in [-0.1, -0.05) is 6.92 Å². The molecule has 0 aliphatic carbocycles. The fourth-order valence-corrected chi connectivity index (χ4v) is 3.49. The average molecular weight is 311 g/mol. The second-order valence-corrected chi connectivity index (χ2v) is 6.93. The van der Waals surface area contributed by atoms with Gasteiger partial charge in [-0.3, -0.25) is 14.5 Å². The lowest BCUT2D eigenvalue weighted by Gasteiger charge is -2.45. The first-order valence-electron chi connectivity index (χ1n) is 8.20. The topological polar surface area (TPSA) is 53.1 Å². The molecule has 0 aromatic rings. The molecule has 0 spiro atoms. The number of piperazine rings is 1. The number of likely N-dealkylation sites (tertiary alicyclic amines) is 1. The average Bonchev–Trinajstić information content (AvgIpc) is 2.87. The summed E-state index contributed by atoms with van der Waals surface area (Å²) >= 11 is 0. The van der Waals surface area contributed by atoms with Crippen molar-refractivity contribution in [3.8, 4) is 0 Å². The molecule has 1 amide bonds. The Morgan fingerprint density at radius 1 is 1.27 bits per heavy atom. The molecule has 0 aromatic heterocycles. The zero-order chi connectivity index (χ0) is 16.3. The number of rotatable bonds is 5. The van der Waals surface area contributed by atoms with Crippen LogP contribution in [0, 0.1) is 5.92 Å². The molecular formula is C16H29N3O3. The Balaban J connectivity index is 1.91. The second-order valence-electron chi connectivity index (χ2n) is 6.93. The summed E-state index contributed by atoms with van der Waals surface area (Å²) in [5.74, 6) is -0.508. The van der Waals surface area contributed by atoms with Crippen molar-refractivity contribution >= 4 is 11.9 Å². The normalized spacial score (nSPS) is 24.8. The van der Waals surface area contributed by atoms with E-state index in [0.29, 0.717) is 13.1 Å². The molecule has 6 heteroatoms. The van der Waals surface area contributed by atoms with Crippen molar-refractivity contribution in [2.45, 2.75) is 32.7 Å². The smallest absolute Gasteiger partial charge is 0.310 e. The highest BCUT2D eigenvalue weighted by molar-refractivity contribution is 5.86. The first-order chi connectivity index (χ1) is 10.4. The number of nitrogens with zero attached hydrogens (tertiary/aromatic N) is 3. The third kappa shape index (κ3) is 3.79. The number of methoxy groups -OCH3 is 1. The Kier molecular flexibility index (Phi) is 5.45. The minimum atomic E-state index is -0.301. The Bertz CT molecular complexity index is 417. The molecule has 2 aliphatic rings. The van der Waals surface area contributed by atoms with Gasteiger partial charge in [0.2, 0.25) is 5.91 Å². The summed E-state index contributed by atoms with van der Waals surface area (Å²) in [5, 5.41) is 0. The van der Waals surface area contributed by atoms with Crippen molar-refractivity contribution in [2.75, 3.05) is 52.9 Å². The van der Waals surface area contributed by atoms with Gasteiger partial charge in [-0.15, -0.1) is 0 Å². The van der Waals surface area contributed by atoms with Crippen LogP contribution >= 0.6 is 0 Å². The number of hydrogen-bond acceptors (Lipinski definition) is 5. The second kappa shape index (κ2) is 6.96. The molecule has 2 fully saturated rings. The van der Waals surface area contributed by atoms with Crippen LogP contribution < -0.4 is 0 Å². The van der Waals surface area contributed by atoms with Gasteiger partial charge in [0.05, 0.1) is 13.0 Å². The molecule has 6 nitrogen and oxygen atoms in total. The van der Waals surface area contributed by atoms with Crippen LogP contribution in [0.4, 0.5) is 0 Å². The van der Waals surface area contributed by atoms with Crippen molar-refractivity contribution < 1.29 is 14.3 Å². The van der Waals surface area contributed by atoms with Gasteiger partial charge in [-0.2, -0.15) is 0 Å². The molecule has 0 radical (unpaired) electrons. The van der Waals surface area contributed by atoms with Gasteiger partial charge < -0.3 is 14.5 Å². The Hall–Kier alpha value is -1.14. The lowest BCUT2D eigenvalue weighted by molar-refractivity contribution is -0.145. The standard InChI is InChI=1S/C16H29N3O3/c1-5-17-6-8-19(9-7-17)16(2,3)12-18-11-13(10-14(18)20)15(21)22-4/h13H,5-12H2,1-4H3. The first kappa shape index (κ1) is 17.2. The summed E-state index contributed by atoms with van der Waals surface area (Å²) in [5.41, 5.74) is -0.0689. The SMILES string of the molecule is CCN1CCN(C(C)(C)CN2CC(C(=O)OC)CC2=O)CC1. The highest BCUT2D eigenvalue weighted by Gasteiger charge is 2.39. The monoisotopic (exact) mass is 311 g/mol. The molecular weight excluding hydrogens is 282 g/mol. The van der Waals surface area contributed by atoms with E-state index in [4.69, 9.17) is 4.74 Å². The quantitative estimate of drug-likeness (QED) is 0.689. The fourth-order valence-electron chi connectivity index (χ4n) is 3.49. The maximum atomic E-state index is 12.2. The van der Waals surface area contributed by atoms with Gasteiger partial charge >= 0.3 is 5.97 Å². The van der Waals surface area contributed by atoms with Crippen molar-refractivity contribution in [3.05, 3.63) is 0 Å². The third-order valence-corrected chi connectivity index (χ3v) is 5.00. The molecule has 0 saturated carbocycles. The van der Waals surface area contributed by atoms with Gasteiger partial charge in [-0.25, -0.2) is 0 Å². The van der Waals surface area contributed by atoms with E-state index in [1.165, 1.54) is 7.11 Å². The third-order valence-electron chi connectivity index (χ3n) is 5.00. The van der Waals surface area contributed by atoms with E-state index in [9.17, 15) is 9.59 Å². The zero-order valence-corrected chi connectivity index (χ0v) is 14.3. The predicted molar refractivity (Wildman–Crippen MR) is 84.5 cm³/mol. The molecule has 126 valence electrons. The molecule has 2 heterocycles. The minimum Gasteiger partial charge on any atom is -0.469 e. The van der Waals surface area contributed by atoms with Crippen LogP contribution in [0.1, 0.15) is 27.2 Å². The van der Waals surface area contributed by atoms with Gasteiger partial charge in [-0.05, 0) is 20.4 Å². The van der Waals surface area contributed by atoms with Gasteiger partial charge in [0.25, 0.3) is 0 Å². The number of hydrogen-bond donors (Lipinski definition) is 0. The molecule has 2 aliphatic heterocycles. The summed E-state index contributed by atoms with van der Waals surface area (Å²) in [6.07, 6.45) is 0.284. The predicted octanol–water partition coefficient (Wildman–Crippen LogP) is 0.424. The summed E-state index contributed by atoms with van der Waals surface area (Å²) in [4.78, 5) is 30.5. The molecule has 2 rings (SSSR count). The maximum absolute atomic E-state index is 12.2. The Labute approximate surface area is 133 Å². The molecule has 0 aromatic carbocycles. The molecule has 1 atom stereocenters. The van der Waals surface area contributed by atoms with E-state index in [1.807, 2.05) is 4.90 Å². The number of amides is 1. The maximum Gasteiger partial charge on any atom is 0.310 e. The largest absolute Gasteiger partial charge is 0.469 e. The van der Waals surface area contributed by atoms with Crippen molar-refractivity contribution in [1.29, 1.82) is 0 Å². The highest BCUT2D eigenvalue weighted by Crippen LogP contribution is 2.24. The van der Waals surface area contributed by atoms with Crippen LogP contribution in [-0.4, -0.2) is 85.0 Å². The Morgan fingerprint density at radius 3 is 2.45 bits per heavy atom. The number of carbonyl (C=O) groups is 2. The van der Waals surface area contributed by atoms with Gasteiger partial charge in [0.15, 0.2) is 0 Å². The van der Waals surface area contributed by atoms with E-state index < -0.39 is 0 Å². The summed E-state index contributed by atoms with van der Waals surface area (Å²) < 4.78 is 4.77. The summed E-state index contributed by atoms with van der Waals surface area (Å²) in [7, 11) is 1.38. The van der Waals surface area contributed by atoms with Gasteiger partial charge in [0.1, 0.15) is 0 Å². The number of carbonyl (C=O) groups excluding carboxylic acids is 2. The molecule has 22 heavy (non-hydrogen) atoms. The highest BCUT2D eigenvalue weighted by atomic mass is 16.5. The summed E-state index contributed by atoms with van der Waals surface area (Å²) in [6.45, 7) is 13.1. The van der Waals surface area contributed by atoms with Gasteiger partial charge in [0, 0.05) is 51.2 Å². The van der Waals surface area contributed by atoms with E-state index in [-0.39, 0.29) is 29.8 Å². The van der Waals surface area contributed by atoms with Crippen molar-refractivity contribution in [1.82, 2.24) is 14.7 Å².